The largest absolute Gasteiger partial charge is 0.489 e. The van der Waals surface area contributed by atoms with Crippen molar-refractivity contribution in [1.82, 2.24) is 15.0 Å². The van der Waals surface area contributed by atoms with E-state index in [0.717, 1.165) is 29.9 Å². The maximum atomic E-state index is 13.0. The van der Waals surface area contributed by atoms with Gasteiger partial charge in [0.2, 0.25) is 5.91 Å². The Balaban J connectivity index is 1.34. The van der Waals surface area contributed by atoms with Gasteiger partial charge >= 0.3 is 0 Å². The fraction of sp³-hybridized carbons (Fsp3) is 0.333. The van der Waals surface area contributed by atoms with Crippen LogP contribution in [0.25, 0.3) is 0 Å². The molecule has 1 aliphatic heterocycles. The minimum atomic E-state index is -0.294. The van der Waals surface area contributed by atoms with Crippen molar-refractivity contribution in [2.24, 2.45) is 5.92 Å². The Morgan fingerprint density at radius 1 is 1.21 bits per heavy atom. The van der Waals surface area contributed by atoms with E-state index in [1.807, 2.05) is 13.8 Å². The third kappa shape index (κ3) is 5.51. The molecule has 1 N–H and O–H groups in total. The van der Waals surface area contributed by atoms with Gasteiger partial charge in [0.05, 0.1) is 22.2 Å². The van der Waals surface area contributed by atoms with Gasteiger partial charge in [-0.25, -0.2) is 4.98 Å². The van der Waals surface area contributed by atoms with Crippen molar-refractivity contribution >= 4 is 29.2 Å². The molecule has 0 spiro atoms. The summed E-state index contributed by atoms with van der Waals surface area (Å²) in [5, 5.41) is 7.23. The monoisotopic (exact) mass is 468 g/mol. The van der Waals surface area contributed by atoms with Gasteiger partial charge in [0.25, 0.3) is 5.91 Å². The second-order valence-electron chi connectivity index (χ2n) is 8.06. The van der Waals surface area contributed by atoms with Gasteiger partial charge in [-0.05, 0) is 63.1 Å². The number of likely N-dealkylation sites (tertiary alicyclic amines) is 1. The number of aromatic nitrogens is 2. The number of hydrogen-bond acceptors (Lipinski definition) is 6. The van der Waals surface area contributed by atoms with Gasteiger partial charge in [-0.3, -0.25) is 9.59 Å². The van der Waals surface area contributed by atoms with E-state index in [1.54, 1.807) is 41.3 Å². The number of carbonyl (C=O) groups excluding carboxylic acids is 2. The topological polar surface area (TPSA) is 97.6 Å². The molecule has 8 nitrogen and oxygen atoms in total. The van der Waals surface area contributed by atoms with E-state index in [1.165, 1.54) is 6.20 Å². The van der Waals surface area contributed by atoms with Gasteiger partial charge in [-0.15, -0.1) is 0 Å². The molecule has 1 fully saturated rings. The molecule has 4 rings (SSSR count). The Morgan fingerprint density at radius 3 is 2.67 bits per heavy atom. The molecule has 2 aromatic heterocycles. The molecule has 1 aliphatic rings. The summed E-state index contributed by atoms with van der Waals surface area (Å²) in [5.41, 5.74) is 2.27. The van der Waals surface area contributed by atoms with Crippen LogP contribution in [-0.4, -0.2) is 39.9 Å². The van der Waals surface area contributed by atoms with Gasteiger partial charge in [0.1, 0.15) is 23.9 Å². The summed E-state index contributed by atoms with van der Waals surface area (Å²) >= 11 is 5.84. The summed E-state index contributed by atoms with van der Waals surface area (Å²) in [6.07, 6.45) is 2.96. The number of piperidine rings is 1. The van der Waals surface area contributed by atoms with Crippen LogP contribution in [0.15, 0.2) is 47.1 Å². The van der Waals surface area contributed by atoms with Gasteiger partial charge < -0.3 is 19.5 Å². The summed E-state index contributed by atoms with van der Waals surface area (Å²) in [6.45, 7) is 5.04. The maximum Gasteiger partial charge on any atom is 0.253 e. The van der Waals surface area contributed by atoms with Crippen LogP contribution in [0.4, 0.5) is 5.82 Å². The molecule has 172 valence electrons. The summed E-state index contributed by atoms with van der Waals surface area (Å²) in [4.78, 5) is 31.5. The lowest BCUT2D eigenvalue weighted by molar-refractivity contribution is -0.121. The SMILES string of the molecule is Cc1noc(C)c1COc1ccc(C(=O)N2CCCC(C(=O)Nc3ccc(Cl)cn3)C2)cc1. The first-order valence-corrected chi connectivity index (χ1v) is 11.1. The van der Waals surface area contributed by atoms with Crippen molar-refractivity contribution in [3.63, 3.8) is 0 Å². The Bertz CT molecular complexity index is 1110. The average Bonchev–Trinajstić information content (AvgIpc) is 3.16. The van der Waals surface area contributed by atoms with Crippen LogP contribution >= 0.6 is 11.6 Å². The van der Waals surface area contributed by atoms with Crippen LogP contribution in [0.2, 0.25) is 5.02 Å². The number of carbonyl (C=O) groups is 2. The maximum absolute atomic E-state index is 13.0. The third-order valence-corrected chi connectivity index (χ3v) is 5.95. The predicted octanol–water partition coefficient (Wildman–Crippen LogP) is 4.41. The lowest BCUT2D eigenvalue weighted by atomic mass is 9.96. The Kier molecular flexibility index (Phi) is 6.93. The second-order valence-corrected chi connectivity index (χ2v) is 8.49. The fourth-order valence-corrected chi connectivity index (χ4v) is 3.91. The number of nitrogens with one attached hydrogen (secondary N) is 1. The second kappa shape index (κ2) is 10.0. The number of pyridine rings is 1. The van der Waals surface area contributed by atoms with E-state index in [-0.39, 0.29) is 17.7 Å². The zero-order chi connectivity index (χ0) is 23.4. The van der Waals surface area contributed by atoms with Gasteiger partial charge in [0.15, 0.2) is 0 Å². The van der Waals surface area contributed by atoms with Crippen LogP contribution in [0.5, 0.6) is 5.75 Å². The highest BCUT2D eigenvalue weighted by atomic mass is 35.5. The fourth-order valence-electron chi connectivity index (χ4n) is 3.79. The number of halogens is 1. The first-order valence-electron chi connectivity index (χ1n) is 10.8. The van der Waals surface area contributed by atoms with Crippen molar-refractivity contribution in [2.75, 3.05) is 18.4 Å². The van der Waals surface area contributed by atoms with Crippen molar-refractivity contribution in [2.45, 2.75) is 33.3 Å². The number of hydrogen-bond donors (Lipinski definition) is 1. The molecule has 0 saturated carbocycles. The minimum Gasteiger partial charge on any atom is -0.489 e. The van der Waals surface area contributed by atoms with Crippen LogP contribution in [-0.2, 0) is 11.4 Å². The number of aryl methyl sites for hydroxylation is 2. The number of anilines is 1. The molecule has 1 atom stereocenters. The number of nitrogens with zero attached hydrogens (tertiary/aromatic N) is 3. The molecule has 0 aliphatic carbocycles. The molecule has 0 radical (unpaired) electrons. The highest BCUT2D eigenvalue weighted by molar-refractivity contribution is 6.30. The molecule has 0 bridgehead atoms. The molecule has 3 heterocycles. The van der Waals surface area contributed by atoms with Crippen molar-refractivity contribution in [3.8, 4) is 5.75 Å². The highest BCUT2D eigenvalue weighted by Crippen LogP contribution is 2.22. The molecule has 1 unspecified atom stereocenters. The Hall–Kier alpha value is -3.39. The van der Waals surface area contributed by atoms with Crippen LogP contribution in [0.3, 0.4) is 0 Å². The van der Waals surface area contributed by atoms with E-state index in [2.05, 4.69) is 15.5 Å². The summed E-state index contributed by atoms with van der Waals surface area (Å²) in [5.74, 6) is 1.28. The lowest BCUT2D eigenvalue weighted by Crippen LogP contribution is -2.43. The zero-order valence-electron chi connectivity index (χ0n) is 18.5. The first kappa shape index (κ1) is 22.8. The minimum absolute atomic E-state index is 0.102. The molecule has 2 amide bonds. The number of ether oxygens (including phenoxy) is 1. The van der Waals surface area contributed by atoms with Gasteiger partial charge in [0, 0.05) is 24.8 Å². The summed E-state index contributed by atoms with van der Waals surface area (Å²) in [6, 6.07) is 10.3. The molecule has 1 aromatic carbocycles. The molecule has 3 aromatic rings. The summed E-state index contributed by atoms with van der Waals surface area (Å²) < 4.78 is 11.0. The molecular weight excluding hydrogens is 444 g/mol. The molecule has 33 heavy (non-hydrogen) atoms. The summed E-state index contributed by atoms with van der Waals surface area (Å²) in [7, 11) is 0. The number of amides is 2. The van der Waals surface area contributed by atoms with Crippen molar-refractivity contribution in [1.29, 1.82) is 0 Å². The number of rotatable bonds is 6. The van der Waals surface area contributed by atoms with Crippen LogP contribution in [0, 0.1) is 19.8 Å². The highest BCUT2D eigenvalue weighted by Gasteiger charge is 2.29. The molecule has 1 saturated heterocycles. The van der Waals surface area contributed by atoms with Crippen molar-refractivity contribution < 1.29 is 18.8 Å². The number of benzene rings is 1. The van der Waals surface area contributed by atoms with E-state index in [0.29, 0.717) is 41.8 Å². The predicted molar refractivity (Wildman–Crippen MR) is 123 cm³/mol. The van der Waals surface area contributed by atoms with Crippen molar-refractivity contribution in [3.05, 3.63) is 70.2 Å². The Morgan fingerprint density at radius 2 is 2.00 bits per heavy atom. The third-order valence-electron chi connectivity index (χ3n) is 5.72. The lowest BCUT2D eigenvalue weighted by Gasteiger charge is -2.32. The zero-order valence-corrected chi connectivity index (χ0v) is 19.3. The smallest absolute Gasteiger partial charge is 0.253 e. The standard InChI is InChI=1S/C24H25ClN4O4/c1-15-21(16(2)33-28-15)14-32-20-8-5-17(6-9-20)24(31)29-11-3-4-18(13-29)23(30)27-22-10-7-19(25)12-26-22/h5-10,12,18H,3-4,11,13-14H2,1-2H3,(H,26,27,30). The van der Waals surface area contributed by atoms with E-state index in [4.69, 9.17) is 20.9 Å². The van der Waals surface area contributed by atoms with Gasteiger partial charge in [-0.2, -0.15) is 0 Å². The average molecular weight is 469 g/mol. The van der Waals surface area contributed by atoms with Crippen LogP contribution in [0.1, 0.15) is 40.2 Å². The Labute approximate surface area is 196 Å². The molecular formula is C24H25ClN4O4. The van der Waals surface area contributed by atoms with Gasteiger partial charge in [-0.1, -0.05) is 16.8 Å². The molecule has 9 heteroatoms. The van der Waals surface area contributed by atoms with E-state index >= 15 is 0 Å². The first-order chi connectivity index (χ1) is 15.9. The van der Waals surface area contributed by atoms with Crippen LogP contribution < -0.4 is 10.1 Å². The normalized spacial score (nSPS) is 15.8. The van der Waals surface area contributed by atoms with E-state index < -0.39 is 0 Å². The van der Waals surface area contributed by atoms with E-state index in [9.17, 15) is 9.59 Å². The quantitative estimate of drug-likeness (QED) is 0.575.